The summed E-state index contributed by atoms with van der Waals surface area (Å²) in [6.45, 7) is 3.16. The number of ether oxygens (including phenoxy) is 1. The molecule has 2 aromatic rings. The predicted molar refractivity (Wildman–Crippen MR) is 65.6 cm³/mol. The zero-order chi connectivity index (χ0) is 12.1. The average Bonchev–Trinajstić information content (AvgIpc) is 2.85. The van der Waals surface area contributed by atoms with Crippen molar-refractivity contribution in [2.75, 3.05) is 6.61 Å². The molecular weight excluding hydrogens is 216 g/mol. The molecule has 0 saturated carbocycles. The molecule has 2 N–H and O–H groups in total. The standard InChI is InChI=1S/C13H16N2O2/c1-2-6-16-11-5-3-4-10(7-11)13-12(8-14)15-9-17-13/h3-5,7,9H,2,6,8,14H2,1H3. The minimum Gasteiger partial charge on any atom is -0.494 e. The third-order valence-corrected chi connectivity index (χ3v) is 2.40. The summed E-state index contributed by atoms with van der Waals surface area (Å²) in [5.74, 6) is 1.55. The van der Waals surface area contributed by atoms with E-state index < -0.39 is 0 Å². The van der Waals surface area contributed by atoms with Crippen LogP contribution >= 0.6 is 0 Å². The number of hydrogen-bond donors (Lipinski definition) is 1. The van der Waals surface area contributed by atoms with E-state index in [9.17, 15) is 0 Å². The molecule has 0 bridgehead atoms. The lowest BCUT2D eigenvalue weighted by molar-refractivity contribution is 0.317. The van der Waals surface area contributed by atoms with Gasteiger partial charge in [0.25, 0.3) is 0 Å². The largest absolute Gasteiger partial charge is 0.494 e. The molecule has 4 nitrogen and oxygen atoms in total. The fourth-order valence-electron chi connectivity index (χ4n) is 1.60. The monoisotopic (exact) mass is 232 g/mol. The van der Waals surface area contributed by atoms with Crippen LogP contribution in [0, 0.1) is 0 Å². The van der Waals surface area contributed by atoms with Crippen LogP contribution in [0.4, 0.5) is 0 Å². The van der Waals surface area contributed by atoms with E-state index in [1.165, 1.54) is 6.39 Å². The second-order valence-electron chi connectivity index (χ2n) is 3.71. The summed E-state index contributed by atoms with van der Waals surface area (Å²) in [6.07, 6.45) is 2.40. The molecule has 0 unspecified atom stereocenters. The second-order valence-corrected chi connectivity index (χ2v) is 3.71. The lowest BCUT2D eigenvalue weighted by Gasteiger charge is -2.06. The molecule has 0 atom stereocenters. The molecule has 1 aromatic carbocycles. The highest BCUT2D eigenvalue weighted by Crippen LogP contribution is 2.26. The van der Waals surface area contributed by atoms with Gasteiger partial charge in [-0.25, -0.2) is 4.98 Å². The van der Waals surface area contributed by atoms with Gasteiger partial charge in [-0.2, -0.15) is 0 Å². The van der Waals surface area contributed by atoms with Crippen molar-refractivity contribution in [2.45, 2.75) is 19.9 Å². The molecule has 17 heavy (non-hydrogen) atoms. The highest BCUT2D eigenvalue weighted by Gasteiger charge is 2.09. The van der Waals surface area contributed by atoms with Crippen LogP contribution in [0.3, 0.4) is 0 Å². The zero-order valence-electron chi connectivity index (χ0n) is 9.85. The Balaban J connectivity index is 2.26. The number of aromatic nitrogens is 1. The molecule has 0 aliphatic carbocycles. The number of rotatable bonds is 5. The Hall–Kier alpha value is -1.81. The molecule has 2 rings (SSSR count). The zero-order valence-corrected chi connectivity index (χ0v) is 9.85. The van der Waals surface area contributed by atoms with Crippen molar-refractivity contribution in [2.24, 2.45) is 5.73 Å². The first-order chi connectivity index (χ1) is 8.35. The van der Waals surface area contributed by atoms with Gasteiger partial charge in [0, 0.05) is 12.1 Å². The van der Waals surface area contributed by atoms with E-state index >= 15 is 0 Å². The van der Waals surface area contributed by atoms with Crippen molar-refractivity contribution in [1.29, 1.82) is 0 Å². The van der Waals surface area contributed by atoms with E-state index in [1.807, 2.05) is 24.3 Å². The van der Waals surface area contributed by atoms with E-state index in [0.717, 1.165) is 29.2 Å². The van der Waals surface area contributed by atoms with Crippen molar-refractivity contribution >= 4 is 0 Å². The average molecular weight is 232 g/mol. The Morgan fingerprint density at radius 1 is 1.41 bits per heavy atom. The lowest BCUT2D eigenvalue weighted by Crippen LogP contribution is -1.98. The summed E-state index contributed by atoms with van der Waals surface area (Å²) in [5, 5.41) is 0. The molecular formula is C13H16N2O2. The molecule has 1 heterocycles. The van der Waals surface area contributed by atoms with Crippen LogP contribution in [0.25, 0.3) is 11.3 Å². The number of hydrogen-bond acceptors (Lipinski definition) is 4. The molecule has 0 saturated heterocycles. The van der Waals surface area contributed by atoms with Crippen molar-refractivity contribution < 1.29 is 9.15 Å². The molecule has 0 aliphatic heterocycles. The van der Waals surface area contributed by atoms with Crippen LogP contribution in [0.2, 0.25) is 0 Å². The summed E-state index contributed by atoms with van der Waals surface area (Å²) in [5.41, 5.74) is 7.30. The van der Waals surface area contributed by atoms with Crippen molar-refractivity contribution in [3.05, 3.63) is 36.4 Å². The molecule has 0 fully saturated rings. The second kappa shape index (κ2) is 5.50. The summed E-state index contributed by atoms with van der Waals surface area (Å²) < 4.78 is 10.9. The predicted octanol–water partition coefficient (Wildman–Crippen LogP) is 2.59. The highest BCUT2D eigenvalue weighted by molar-refractivity contribution is 5.61. The normalized spacial score (nSPS) is 10.5. The molecule has 1 aromatic heterocycles. The van der Waals surface area contributed by atoms with Gasteiger partial charge in [-0.05, 0) is 18.6 Å². The summed E-state index contributed by atoms with van der Waals surface area (Å²) >= 11 is 0. The Morgan fingerprint density at radius 2 is 2.29 bits per heavy atom. The Kier molecular flexibility index (Phi) is 3.77. The van der Waals surface area contributed by atoms with Crippen LogP contribution < -0.4 is 10.5 Å². The first-order valence-electron chi connectivity index (χ1n) is 5.70. The topological polar surface area (TPSA) is 61.3 Å². The maximum atomic E-state index is 5.60. The first kappa shape index (κ1) is 11.7. The Bertz CT molecular complexity index is 480. The van der Waals surface area contributed by atoms with Crippen LogP contribution in [0.5, 0.6) is 5.75 Å². The van der Waals surface area contributed by atoms with Crippen molar-refractivity contribution in [3.63, 3.8) is 0 Å². The van der Waals surface area contributed by atoms with E-state index in [2.05, 4.69) is 11.9 Å². The smallest absolute Gasteiger partial charge is 0.181 e. The Morgan fingerprint density at radius 3 is 3.06 bits per heavy atom. The van der Waals surface area contributed by atoms with E-state index in [4.69, 9.17) is 14.9 Å². The number of nitrogens with two attached hydrogens (primary N) is 1. The summed E-state index contributed by atoms with van der Waals surface area (Å²) in [6, 6.07) is 7.76. The quantitative estimate of drug-likeness (QED) is 0.860. The van der Waals surface area contributed by atoms with E-state index in [-0.39, 0.29) is 0 Å². The highest BCUT2D eigenvalue weighted by atomic mass is 16.5. The number of benzene rings is 1. The van der Waals surface area contributed by atoms with Crippen LogP contribution in [-0.2, 0) is 6.54 Å². The van der Waals surface area contributed by atoms with Gasteiger partial charge in [0.05, 0.1) is 6.61 Å². The Labute approximate surface area is 100 Å². The van der Waals surface area contributed by atoms with Gasteiger partial charge in [-0.15, -0.1) is 0 Å². The molecule has 0 aliphatic rings. The van der Waals surface area contributed by atoms with Gasteiger partial charge >= 0.3 is 0 Å². The van der Waals surface area contributed by atoms with Crippen molar-refractivity contribution in [1.82, 2.24) is 4.98 Å². The molecule has 0 radical (unpaired) electrons. The molecule has 0 spiro atoms. The molecule has 4 heteroatoms. The van der Waals surface area contributed by atoms with Gasteiger partial charge < -0.3 is 14.9 Å². The van der Waals surface area contributed by atoms with Crippen LogP contribution in [0.1, 0.15) is 19.0 Å². The number of oxazole rings is 1. The fraction of sp³-hybridized carbons (Fsp3) is 0.308. The lowest BCUT2D eigenvalue weighted by atomic mass is 10.1. The van der Waals surface area contributed by atoms with Gasteiger partial charge in [-0.3, -0.25) is 0 Å². The van der Waals surface area contributed by atoms with Crippen molar-refractivity contribution in [3.8, 4) is 17.1 Å². The van der Waals surface area contributed by atoms with Gasteiger partial charge in [0.15, 0.2) is 12.2 Å². The maximum absolute atomic E-state index is 5.60. The van der Waals surface area contributed by atoms with E-state index in [1.54, 1.807) is 0 Å². The summed E-state index contributed by atoms with van der Waals surface area (Å²) in [7, 11) is 0. The van der Waals surface area contributed by atoms with Gasteiger partial charge in [-0.1, -0.05) is 19.1 Å². The molecule has 0 amide bonds. The SMILES string of the molecule is CCCOc1cccc(-c2ocnc2CN)c1. The number of nitrogens with zero attached hydrogens (tertiary/aromatic N) is 1. The first-order valence-corrected chi connectivity index (χ1v) is 5.70. The molecule has 90 valence electrons. The van der Waals surface area contributed by atoms with E-state index in [0.29, 0.717) is 13.2 Å². The van der Waals surface area contributed by atoms with Crippen LogP contribution in [-0.4, -0.2) is 11.6 Å². The minimum absolute atomic E-state index is 0.367. The van der Waals surface area contributed by atoms with Gasteiger partial charge in [0.1, 0.15) is 11.4 Å². The summed E-state index contributed by atoms with van der Waals surface area (Å²) in [4.78, 5) is 4.07. The third-order valence-electron chi connectivity index (χ3n) is 2.40. The maximum Gasteiger partial charge on any atom is 0.181 e. The fourth-order valence-corrected chi connectivity index (χ4v) is 1.60. The third kappa shape index (κ3) is 2.65. The minimum atomic E-state index is 0.367. The van der Waals surface area contributed by atoms with Gasteiger partial charge in [0.2, 0.25) is 0 Å². The van der Waals surface area contributed by atoms with Crippen LogP contribution in [0.15, 0.2) is 35.1 Å².